The number of nitrogen functional groups attached to an aromatic ring is 1. The molecule has 0 amide bonds. The second kappa shape index (κ2) is 3.65. The highest BCUT2D eigenvalue weighted by Gasteiger charge is 2.20. The maximum atomic E-state index is 9.09. The van der Waals surface area contributed by atoms with Crippen molar-refractivity contribution in [3.05, 3.63) is 22.5 Å². The molecule has 0 unspecified atom stereocenters. The van der Waals surface area contributed by atoms with Crippen molar-refractivity contribution in [2.75, 3.05) is 5.73 Å². The highest BCUT2D eigenvalue weighted by atomic mass is 35.5. The third kappa shape index (κ3) is 1.39. The first-order valence-corrected chi connectivity index (χ1v) is 5.16. The fourth-order valence-corrected chi connectivity index (χ4v) is 1.95. The lowest BCUT2D eigenvalue weighted by molar-refractivity contribution is 0.752. The molecule has 2 aromatic heterocycles. The molecule has 2 heterocycles. The molecule has 0 saturated heterocycles. The molecule has 2 aromatic rings. The molecule has 0 saturated carbocycles. The number of nitrogens with two attached hydrogens (primary N) is 1. The fraction of sp³-hybridized carbons (Fsp3) is 0.300. The average molecular weight is 236 g/mol. The first-order valence-electron chi connectivity index (χ1n) is 4.79. The Kier molecular flexibility index (Phi) is 2.44. The number of nitriles is 1. The summed E-state index contributed by atoms with van der Waals surface area (Å²) in [5.74, 6) is 0.287. The van der Waals surface area contributed by atoms with Gasteiger partial charge in [0.15, 0.2) is 0 Å². The van der Waals surface area contributed by atoms with Crippen molar-refractivity contribution in [1.82, 2.24) is 14.6 Å². The summed E-state index contributed by atoms with van der Waals surface area (Å²) in [5.41, 5.74) is 7.33. The molecule has 5 nitrogen and oxygen atoms in total. The summed E-state index contributed by atoms with van der Waals surface area (Å²) in [6, 6.07) is 2.09. The van der Waals surface area contributed by atoms with Gasteiger partial charge < -0.3 is 5.73 Å². The molecule has 0 aliphatic rings. The normalized spacial score (nSPS) is 10.9. The van der Waals surface area contributed by atoms with Gasteiger partial charge in [0.25, 0.3) is 0 Å². The molecular formula is C10H10ClN5. The molecular weight excluding hydrogens is 226 g/mol. The first kappa shape index (κ1) is 10.7. The zero-order valence-electron chi connectivity index (χ0n) is 8.90. The summed E-state index contributed by atoms with van der Waals surface area (Å²) < 4.78 is 1.59. The number of fused-ring (bicyclic) bond motifs is 1. The van der Waals surface area contributed by atoms with E-state index in [9.17, 15) is 0 Å². The topological polar surface area (TPSA) is 80.0 Å². The van der Waals surface area contributed by atoms with Gasteiger partial charge in [0.2, 0.25) is 5.95 Å². The number of nitrogens with zero attached hydrogens (tertiary/aromatic N) is 4. The maximum Gasteiger partial charge on any atom is 0.238 e. The molecule has 6 heteroatoms. The van der Waals surface area contributed by atoms with Gasteiger partial charge in [-0.3, -0.25) is 0 Å². The molecule has 82 valence electrons. The maximum absolute atomic E-state index is 9.09. The van der Waals surface area contributed by atoms with E-state index in [1.165, 1.54) is 6.20 Å². The molecule has 0 radical (unpaired) electrons. The minimum Gasteiger partial charge on any atom is -0.367 e. The lowest BCUT2D eigenvalue weighted by Gasteiger charge is -2.05. The summed E-state index contributed by atoms with van der Waals surface area (Å²) in [7, 11) is 0. The second-order valence-electron chi connectivity index (χ2n) is 3.75. The largest absolute Gasteiger partial charge is 0.367 e. The van der Waals surface area contributed by atoms with Crippen LogP contribution in [0.25, 0.3) is 5.52 Å². The summed E-state index contributed by atoms with van der Waals surface area (Å²) in [5, 5.41) is 13.5. The molecule has 0 aliphatic carbocycles. The van der Waals surface area contributed by atoms with Crippen molar-refractivity contribution in [2.45, 2.75) is 19.8 Å². The van der Waals surface area contributed by atoms with E-state index < -0.39 is 0 Å². The number of aromatic nitrogens is 3. The number of anilines is 1. The van der Waals surface area contributed by atoms with Crippen molar-refractivity contribution in [3.8, 4) is 6.07 Å². The monoisotopic (exact) mass is 235 g/mol. The lowest BCUT2D eigenvalue weighted by Crippen LogP contribution is -2.05. The summed E-state index contributed by atoms with van der Waals surface area (Å²) >= 11 is 6.09. The predicted molar refractivity (Wildman–Crippen MR) is 61.2 cm³/mol. The molecule has 2 rings (SSSR count). The van der Waals surface area contributed by atoms with Crippen molar-refractivity contribution in [3.63, 3.8) is 0 Å². The van der Waals surface area contributed by atoms with E-state index in [4.69, 9.17) is 22.6 Å². The molecule has 0 spiro atoms. The second-order valence-corrected chi connectivity index (χ2v) is 4.13. The van der Waals surface area contributed by atoms with Gasteiger partial charge in [-0.15, -0.1) is 5.10 Å². The van der Waals surface area contributed by atoms with Crippen LogP contribution in [-0.4, -0.2) is 14.6 Å². The van der Waals surface area contributed by atoms with E-state index >= 15 is 0 Å². The van der Waals surface area contributed by atoms with Crippen LogP contribution >= 0.6 is 11.6 Å². The molecule has 2 N–H and O–H groups in total. The van der Waals surface area contributed by atoms with Gasteiger partial charge in [-0.05, 0) is 5.92 Å². The lowest BCUT2D eigenvalue weighted by atomic mass is 10.1. The quantitative estimate of drug-likeness (QED) is 0.819. The van der Waals surface area contributed by atoms with Crippen molar-refractivity contribution >= 4 is 23.1 Å². The Hall–Kier alpha value is -1.80. The zero-order chi connectivity index (χ0) is 11.9. The molecule has 0 atom stereocenters. The first-order chi connectivity index (χ1) is 7.56. The zero-order valence-corrected chi connectivity index (χ0v) is 9.65. The highest BCUT2D eigenvalue weighted by Crippen LogP contribution is 2.31. The van der Waals surface area contributed by atoms with Crippen LogP contribution in [0, 0.1) is 11.3 Å². The third-order valence-corrected chi connectivity index (χ3v) is 2.72. The number of hydrogen-bond acceptors (Lipinski definition) is 4. The van der Waals surface area contributed by atoms with Crippen LogP contribution in [0.4, 0.5) is 5.95 Å². The van der Waals surface area contributed by atoms with E-state index in [2.05, 4.69) is 16.2 Å². The van der Waals surface area contributed by atoms with Crippen LogP contribution in [0.3, 0.4) is 0 Å². The number of hydrogen-bond donors (Lipinski definition) is 1. The predicted octanol–water partition coefficient (Wildman–Crippen LogP) is 1.96. The van der Waals surface area contributed by atoms with Crippen LogP contribution < -0.4 is 5.73 Å². The smallest absolute Gasteiger partial charge is 0.238 e. The standard InChI is InChI=1S/C10H10ClN5/c1-5(2)9-6(3-12)8(11)7-4-14-10(13)15-16(7)9/h4-5H,1-2H3,(H2,13,15). The molecule has 16 heavy (non-hydrogen) atoms. The van der Waals surface area contributed by atoms with Crippen LogP contribution in [0.5, 0.6) is 0 Å². The highest BCUT2D eigenvalue weighted by molar-refractivity contribution is 6.35. The average Bonchev–Trinajstić information content (AvgIpc) is 2.50. The van der Waals surface area contributed by atoms with Gasteiger partial charge in [0.05, 0.1) is 22.5 Å². The van der Waals surface area contributed by atoms with Gasteiger partial charge in [0, 0.05) is 0 Å². The minimum atomic E-state index is 0.129. The Morgan fingerprint density at radius 2 is 2.25 bits per heavy atom. The van der Waals surface area contributed by atoms with Crippen molar-refractivity contribution < 1.29 is 0 Å². The van der Waals surface area contributed by atoms with Crippen molar-refractivity contribution in [2.24, 2.45) is 0 Å². The van der Waals surface area contributed by atoms with Crippen LogP contribution in [0.2, 0.25) is 5.02 Å². The van der Waals surface area contributed by atoms with Gasteiger partial charge in [-0.2, -0.15) is 5.26 Å². The Morgan fingerprint density at radius 1 is 1.56 bits per heavy atom. The van der Waals surface area contributed by atoms with E-state index in [-0.39, 0.29) is 11.9 Å². The molecule has 0 fully saturated rings. The van der Waals surface area contributed by atoms with Gasteiger partial charge in [-0.25, -0.2) is 9.50 Å². The van der Waals surface area contributed by atoms with E-state index in [1.54, 1.807) is 4.52 Å². The Morgan fingerprint density at radius 3 is 2.81 bits per heavy atom. The van der Waals surface area contributed by atoms with Crippen LogP contribution in [0.1, 0.15) is 31.0 Å². The molecule has 0 aliphatic heterocycles. The van der Waals surface area contributed by atoms with Crippen LogP contribution in [-0.2, 0) is 0 Å². The van der Waals surface area contributed by atoms with Gasteiger partial charge in [0.1, 0.15) is 11.6 Å². The summed E-state index contributed by atoms with van der Waals surface area (Å²) in [4.78, 5) is 3.87. The van der Waals surface area contributed by atoms with Gasteiger partial charge in [-0.1, -0.05) is 25.4 Å². The molecule has 0 aromatic carbocycles. The van der Waals surface area contributed by atoms with Crippen molar-refractivity contribution in [1.29, 1.82) is 5.26 Å². The number of halogens is 1. The Labute approximate surface area is 97.5 Å². The van der Waals surface area contributed by atoms with Crippen LogP contribution in [0.15, 0.2) is 6.20 Å². The minimum absolute atomic E-state index is 0.129. The summed E-state index contributed by atoms with van der Waals surface area (Å²) in [6.07, 6.45) is 1.53. The van der Waals surface area contributed by atoms with Gasteiger partial charge >= 0.3 is 0 Å². The Balaban J connectivity index is 2.94. The summed E-state index contributed by atoms with van der Waals surface area (Å²) in [6.45, 7) is 3.94. The van der Waals surface area contributed by atoms with E-state index in [0.717, 1.165) is 5.69 Å². The van der Waals surface area contributed by atoms with E-state index in [1.807, 2.05) is 13.8 Å². The fourth-order valence-electron chi connectivity index (χ4n) is 1.68. The molecule has 0 bridgehead atoms. The van der Waals surface area contributed by atoms with E-state index in [0.29, 0.717) is 16.1 Å². The number of rotatable bonds is 1. The Bertz CT molecular complexity index is 593. The third-order valence-electron chi connectivity index (χ3n) is 2.34. The SMILES string of the molecule is CC(C)c1c(C#N)c(Cl)c2cnc(N)nn12.